The summed E-state index contributed by atoms with van der Waals surface area (Å²) in [6.45, 7) is 5.00. The van der Waals surface area contributed by atoms with Crippen LogP contribution in [0.1, 0.15) is 45.4 Å². The van der Waals surface area contributed by atoms with Gasteiger partial charge in [0.25, 0.3) is 0 Å². The number of esters is 2. The predicted molar refractivity (Wildman–Crippen MR) is 167 cm³/mol. The molecule has 0 radical (unpaired) electrons. The highest BCUT2D eigenvalue weighted by atomic mass is 32.2. The van der Waals surface area contributed by atoms with Crippen LogP contribution in [-0.4, -0.2) is 41.4 Å². The Kier molecular flexibility index (Phi) is 7.86. The fourth-order valence-corrected chi connectivity index (χ4v) is 10.3. The Morgan fingerprint density at radius 3 is 1.80 bits per heavy atom. The number of benzene rings is 3. The molecule has 11 heteroatoms. The van der Waals surface area contributed by atoms with E-state index in [9.17, 15) is 31.3 Å². The molecule has 2 atom stereocenters. The van der Waals surface area contributed by atoms with E-state index in [4.69, 9.17) is 9.47 Å². The van der Waals surface area contributed by atoms with Gasteiger partial charge in [-0.25, -0.2) is 18.0 Å². The van der Waals surface area contributed by atoms with E-state index in [1.54, 1.807) is 0 Å². The van der Waals surface area contributed by atoms with Crippen LogP contribution in [0.3, 0.4) is 0 Å². The summed E-state index contributed by atoms with van der Waals surface area (Å²) in [5, 5.41) is -2.37. The minimum atomic E-state index is -6.19. The quantitative estimate of drug-likeness (QED) is 0.0911. The number of carbonyl (C=O) groups is 2. The van der Waals surface area contributed by atoms with Gasteiger partial charge in [0.05, 0.1) is 0 Å². The first kappa shape index (κ1) is 31.3. The van der Waals surface area contributed by atoms with Crippen LogP contribution in [0.25, 0.3) is 25.1 Å². The minimum absolute atomic E-state index is 0.000507. The van der Waals surface area contributed by atoms with Crippen LogP contribution < -0.4 is 0 Å². The molecule has 2 unspecified atom stereocenters. The van der Waals surface area contributed by atoms with E-state index in [-0.39, 0.29) is 47.1 Å². The van der Waals surface area contributed by atoms with E-state index in [1.165, 1.54) is 32.0 Å². The summed E-state index contributed by atoms with van der Waals surface area (Å²) in [5.74, 6) is -2.98. The van der Waals surface area contributed by atoms with Crippen LogP contribution in [0.4, 0.5) is 8.78 Å². The summed E-state index contributed by atoms with van der Waals surface area (Å²) in [7, 11) is -6.13. The standard InChI is InChI=1S/C18H13S.C16H20F2O7S/c1-2-8-14(9-3-1)19-17-12-6-4-10-15(17)16-11-5-7-13-18(16)19;1-9(2)12(19)24-14-4-10-3-11(5-14)7-15(6-10,8-14)25-13(20)16(17,18)26(21,22)23/h1-13H;10-11H,1,3-8H2,2H3,(H,21,22,23)/q+1;/p-1. The summed E-state index contributed by atoms with van der Waals surface area (Å²) >= 11 is 0. The van der Waals surface area contributed by atoms with Gasteiger partial charge in [0.2, 0.25) is 0 Å². The zero-order valence-corrected chi connectivity index (χ0v) is 26.2. The Morgan fingerprint density at radius 2 is 1.31 bits per heavy atom. The fraction of sp³-hybridized carbons (Fsp3) is 0.353. The number of fused-ring (bicyclic) bond motifs is 3. The summed E-state index contributed by atoms with van der Waals surface area (Å²) in [6, 6.07) is 28.4. The van der Waals surface area contributed by atoms with Crippen molar-refractivity contribution in [2.45, 2.75) is 61.9 Å². The van der Waals surface area contributed by atoms with Gasteiger partial charge in [0.1, 0.15) is 11.2 Å². The molecular weight excluding hydrogens is 622 g/mol. The number of hydrogen-bond acceptors (Lipinski definition) is 7. The van der Waals surface area contributed by atoms with Crippen molar-refractivity contribution in [2.24, 2.45) is 11.8 Å². The summed E-state index contributed by atoms with van der Waals surface area (Å²) in [6.07, 6.45) is 2.40. The Balaban J connectivity index is 0.000000166. The van der Waals surface area contributed by atoms with E-state index >= 15 is 0 Å². The molecule has 0 N–H and O–H groups in total. The van der Waals surface area contributed by atoms with Crippen LogP contribution in [0.5, 0.6) is 0 Å². The van der Waals surface area contributed by atoms with Crippen molar-refractivity contribution in [1.82, 2.24) is 0 Å². The third kappa shape index (κ3) is 5.77. The third-order valence-corrected chi connectivity index (χ3v) is 12.1. The van der Waals surface area contributed by atoms with Gasteiger partial charge in [-0.3, -0.25) is 0 Å². The molecule has 4 fully saturated rings. The first-order valence-corrected chi connectivity index (χ1v) is 17.3. The molecule has 4 bridgehead atoms. The lowest BCUT2D eigenvalue weighted by Gasteiger charge is -2.60. The normalized spacial score (nSPS) is 25.4. The van der Waals surface area contributed by atoms with Gasteiger partial charge in [-0.15, -0.1) is 0 Å². The monoisotopic (exact) mass is 654 g/mol. The van der Waals surface area contributed by atoms with Crippen molar-refractivity contribution >= 4 is 52.7 Å². The molecule has 0 amide bonds. The van der Waals surface area contributed by atoms with Crippen molar-refractivity contribution in [2.75, 3.05) is 0 Å². The largest absolute Gasteiger partial charge is 0.743 e. The summed E-state index contributed by atoms with van der Waals surface area (Å²) in [5.41, 5.74) is -2.12. The first-order chi connectivity index (χ1) is 21.2. The van der Waals surface area contributed by atoms with E-state index < -0.39 is 38.5 Å². The number of thiophene rings is 1. The van der Waals surface area contributed by atoms with Gasteiger partial charge in [-0.2, -0.15) is 8.78 Å². The molecule has 45 heavy (non-hydrogen) atoms. The number of rotatable bonds is 6. The highest BCUT2D eigenvalue weighted by molar-refractivity contribution is 7.87. The highest BCUT2D eigenvalue weighted by Gasteiger charge is 2.63. The Labute approximate surface area is 262 Å². The van der Waals surface area contributed by atoms with E-state index in [2.05, 4.69) is 85.4 Å². The second-order valence-corrected chi connectivity index (χ2v) is 15.9. The van der Waals surface area contributed by atoms with Crippen LogP contribution >= 0.6 is 10.5 Å². The molecule has 1 heterocycles. The highest BCUT2D eigenvalue weighted by Crippen LogP contribution is 2.60. The zero-order valence-electron chi connectivity index (χ0n) is 24.5. The second kappa shape index (κ2) is 11.3. The summed E-state index contributed by atoms with van der Waals surface area (Å²) in [4.78, 5) is 25.1. The number of carbonyl (C=O) groups excluding carboxylic acids is 2. The molecule has 1 aromatic heterocycles. The molecule has 0 spiro atoms. The van der Waals surface area contributed by atoms with Gasteiger partial charge in [-0.1, -0.05) is 49.0 Å². The second-order valence-electron chi connectivity index (χ2n) is 12.5. The zero-order chi connectivity index (χ0) is 32.2. The van der Waals surface area contributed by atoms with Gasteiger partial charge < -0.3 is 14.0 Å². The SMILES string of the molecule is C=C(C)C(=O)OC12CC3CC(C1)CC(OC(=O)C(F)(F)S(=O)(=O)[O-])(C3)C2.c1ccc(-[s+]2c3ccccc3c3ccccc32)cc1. The molecule has 4 aromatic rings. The van der Waals surface area contributed by atoms with E-state index in [1.807, 2.05) is 0 Å². The van der Waals surface area contributed by atoms with Gasteiger partial charge in [0.15, 0.2) is 24.4 Å². The minimum Gasteiger partial charge on any atom is -0.743 e. The van der Waals surface area contributed by atoms with Gasteiger partial charge in [0, 0.05) is 33.2 Å². The number of ether oxygens (including phenoxy) is 2. The number of halogens is 2. The molecule has 236 valence electrons. The fourth-order valence-electron chi connectivity index (χ4n) is 7.64. The van der Waals surface area contributed by atoms with Gasteiger partial charge in [-0.05, 0) is 87.3 Å². The molecule has 4 aliphatic carbocycles. The lowest BCUT2D eigenvalue weighted by Crippen LogP contribution is -2.62. The van der Waals surface area contributed by atoms with Crippen molar-refractivity contribution in [1.29, 1.82) is 0 Å². The van der Waals surface area contributed by atoms with Gasteiger partial charge >= 0.3 is 17.2 Å². The maximum absolute atomic E-state index is 13.5. The number of hydrogen-bond donors (Lipinski definition) is 0. The molecule has 8 rings (SSSR count). The van der Waals surface area contributed by atoms with Crippen molar-refractivity contribution in [3.63, 3.8) is 0 Å². The molecule has 7 nitrogen and oxygen atoms in total. The average molecular weight is 655 g/mol. The van der Waals surface area contributed by atoms with Crippen LogP contribution in [0.2, 0.25) is 0 Å². The van der Waals surface area contributed by atoms with Crippen LogP contribution in [0, 0.1) is 11.8 Å². The summed E-state index contributed by atoms with van der Waals surface area (Å²) < 4.78 is 72.5. The third-order valence-electron chi connectivity index (χ3n) is 8.96. The molecular formula is C34H32F2O7S2. The van der Waals surface area contributed by atoms with Crippen molar-refractivity contribution < 1.29 is 40.8 Å². The number of alkyl halides is 2. The molecule has 0 saturated heterocycles. The van der Waals surface area contributed by atoms with Crippen LogP contribution in [-0.2, 0) is 29.2 Å². The molecule has 3 aromatic carbocycles. The lowest BCUT2D eigenvalue weighted by molar-refractivity contribution is -0.236. The van der Waals surface area contributed by atoms with Crippen molar-refractivity contribution in [3.05, 3.63) is 91.0 Å². The van der Waals surface area contributed by atoms with Crippen molar-refractivity contribution in [3.8, 4) is 4.90 Å². The van der Waals surface area contributed by atoms with E-state index in [0.717, 1.165) is 6.42 Å². The van der Waals surface area contributed by atoms with E-state index in [0.29, 0.717) is 12.8 Å². The Bertz CT molecular complexity index is 1850. The molecule has 4 aliphatic rings. The Morgan fingerprint density at radius 1 is 0.844 bits per heavy atom. The maximum Gasteiger partial charge on any atom is 0.428 e. The van der Waals surface area contributed by atoms with Crippen LogP contribution in [0.15, 0.2) is 91.0 Å². The topological polar surface area (TPSA) is 110 Å². The molecule has 0 aliphatic heterocycles. The maximum atomic E-state index is 13.5. The average Bonchev–Trinajstić information content (AvgIpc) is 3.30. The first-order valence-electron chi connectivity index (χ1n) is 14.7. The lowest BCUT2D eigenvalue weighted by atomic mass is 9.52. The molecule has 4 saturated carbocycles. The Hall–Kier alpha value is -3.67. The predicted octanol–water partition coefficient (Wildman–Crippen LogP) is 7.61. The smallest absolute Gasteiger partial charge is 0.428 e.